The number of fused-ring (bicyclic) bond motifs is 1. The molecule has 29 heavy (non-hydrogen) atoms. The zero-order chi connectivity index (χ0) is 21.5. The average Bonchev–Trinajstić information content (AvgIpc) is 3.14. The average molecular weight is 440 g/mol. The number of sulfonamides is 1. The zero-order valence-electron chi connectivity index (χ0n) is 16.8. The lowest BCUT2D eigenvalue weighted by Gasteiger charge is -2.11. The lowest BCUT2D eigenvalue weighted by Crippen LogP contribution is -2.22. The third-order valence-electron chi connectivity index (χ3n) is 4.58. The van der Waals surface area contributed by atoms with E-state index in [1.807, 2.05) is 11.5 Å². The normalized spacial score (nSPS) is 12.1. The second-order valence-corrected chi connectivity index (χ2v) is 9.17. The standard InChI is InChI=1S/C18H22ClN5O4S/c1-6-24-14-8-7-12(29(26,27)22(3)4)9-13(14)20-15(24)10-28-18(25)16-11(2)21-23(5)17(16)19/h7-9H,6,10H2,1-5H3. The SMILES string of the molecule is CCn1c(COC(=O)c2c(C)nn(C)c2Cl)nc2cc(S(=O)(=O)N(C)C)ccc21. The summed E-state index contributed by atoms with van der Waals surface area (Å²) in [6, 6.07) is 4.76. The topological polar surface area (TPSA) is 99.3 Å². The first-order valence-electron chi connectivity index (χ1n) is 8.85. The zero-order valence-corrected chi connectivity index (χ0v) is 18.4. The Morgan fingerprint density at radius 2 is 2.00 bits per heavy atom. The highest BCUT2D eigenvalue weighted by molar-refractivity contribution is 7.89. The van der Waals surface area contributed by atoms with E-state index in [0.29, 0.717) is 23.6 Å². The smallest absolute Gasteiger partial charge is 0.343 e. The number of aromatic nitrogens is 4. The van der Waals surface area contributed by atoms with Crippen LogP contribution in [0.5, 0.6) is 0 Å². The second kappa shape index (κ2) is 7.77. The van der Waals surface area contributed by atoms with E-state index in [9.17, 15) is 13.2 Å². The first-order chi connectivity index (χ1) is 13.6. The Morgan fingerprint density at radius 1 is 1.31 bits per heavy atom. The highest BCUT2D eigenvalue weighted by Gasteiger charge is 2.22. The van der Waals surface area contributed by atoms with Gasteiger partial charge in [0.2, 0.25) is 10.0 Å². The molecule has 2 aromatic heterocycles. The van der Waals surface area contributed by atoms with E-state index in [2.05, 4.69) is 10.1 Å². The van der Waals surface area contributed by atoms with Gasteiger partial charge in [-0.15, -0.1) is 0 Å². The van der Waals surface area contributed by atoms with Crippen LogP contribution in [0.2, 0.25) is 5.15 Å². The number of hydrogen-bond acceptors (Lipinski definition) is 6. The minimum Gasteiger partial charge on any atom is -0.454 e. The molecule has 0 unspecified atom stereocenters. The van der Waals surface area contributed by atoms with Crippen molar-refractivity contribution in [1.82, 2.24) is 23.6 Å². The van der Waals surface area contributed by atoms with Crippen LogP contribution in [-0.4, -0.2) is 52.1 Å². The summed E-state index contributed by atoms with van der Waals surface area (Å²) < 4.78 is 34.6. The Hall–Kier alpha value is -2.43. The van der Waals surface area contributed by atoms with Gasteiger partial charge in [-0.1, -0.05) is 11.6 Å². The number of hydrogen-bond donors (Lipinski definition) is 0. The third-order valence-corrected chi connectivity index (χ3v) is 6.83. The van der Waals surface area contributed by atoms with Crippen LogP contribution in [0.3, 0.4) is 0 Å². The molecule has 3 rings (SSSR count). The molecule has 0 radical (unpaired) electrons. The molecule has 0 saturated heterocycles. The first kappa shape index (κ1) is 21.3. The monoisotopic (exact) mass is 439 g/mol. The highest BCUT2D eigenvalue weighted by atomic mass is 35.5. The van der Waals surface area contributed by atoms with Gasteiger partial charge in [-0.3, -0.25) is 4.68 Å². The van der Waals surface area contributed by atoms with Crippen LogP contribution in [0.25, 0.3) is 11.0 Å². The van der Waals surface area contributed by atoms with Gasteiger partial charge in [-0.25, -0.2) is 22.5 Å². The van der Waals surface area contributed by atoms with Crippen molar-refractivity contribution >= 4 is 38.6 Å². The molecular formula is C18H22ClN5O4S. The van der Waals surface area contributed by atoms with Gasteiger partial charge in [-0.2, -0.15) is 5.10 Å². The second-order valence-electron chi connectivity index (χ2n) is 6.66. The molecular weight excluding hydrogens is 418 g/mol. The molecule has 2 heterocycles. The Kier molecular flexibility index (Phi) is 5.70. The molecule has 0 aliphatic carbocycles. The maximum atomic E-state index is 12.5. The summed E-state index contributed by atoms with van der Waals surface area (Å²) in [5, 5.41) is 4.31. The van der Waals surface area contributed by atoms with Gasteiger partial charge in [0.1, 0.15) is 23.1 Å². The molecule has 0 saturated carbocycles. The van der Waals surface area contributed by atoms with Gasteiger partial charge in [0, 0.05) is 27.7 Å². The van der Waals surface area contributed by atoms with Gasteiger partial charge in [0.15, 0.2) is 0 Å². The van der Waals surface area contributed by atoms with Gasteiger partial charge in [-0.05, 0) is 32.0 Å². The predicted molar refractivity (Wildman–Crippen MR) is 108 cm³/mol. The van der Waals surface area contributed by atoms with Crippen molar-refractivity contribution in [1.29, 1.82) is 0 Å². The first-order valence-corrected chi connectivity index (χ1v) is 10.7. The number of ether oxygens (including phenoxy) is 1. The number of benzene rings is 1. The van der Waals surface area contributed by atoms with E-state index in [1.54, 1.807) is 26.1 Å². The summed E-state index contributed by atoms with van der Waals surface area (Å²) in [5.74, 6) is -0.0842. The van der Waals surface area contributed by atoms with Gasteiger partial charge >= 0.3 is 5.97 Å². The number of carbonyl (C=O) groups is 1. The van der Waals surface area contributed by atoms with Crippen LogP contribution in [0.4, 0.5) is 0 Å². The van der Waals surface area contributed by atoms with Crippen LogP contribution in [0, 0.1) is 6.92 Å². The molecule has 0 spiro atoms. The molecule has 0 aliphatic rings. The van der Waals surface area contributed by atoms with Crippen LogP contribution in [0.1, 0.15) is 28.8 Å². The molecule has 0 N–H and O–H groups in total. The van der Waals surface area contributed by atoms with E-state index >= 15 is 0 Å². The number of esters is 1. The quantitative estimate of drug-likeness (QED) is 0.546. The van der Waals surface area contributed by atoms with Crippen molar-refractivity contribution < 1.29 is 17.9 Å². The van der Waals surface area contributed by atoms with Gasteiger partial charge in [0.05, 0.1) is 21.6 Å². The van der Waals surface area contributed by atoms with Crippen LogP contribution >= 0.6 is 11.6 Å². The lowest BCUT2D eigenvalue weighted by atomic mass is 10.3. The van der Waals surface area contributed by atoms with Crippen molar-refractivity contribution in [2.45, 2.75) is 31.9 Å². The molecule has 1 aromatic carbocycles. The van der Waals surface area contributed by atoms with Crippen molar-refractivity contribution in [2.75, 3.05) is 14.1 Å². The summed E-state index contributed by atoms with van der Waals surface area (Å²) in [5.41, 5.74) is 1.96. The molecule has 156 valence electrons. The fourth-order valence-corrected chi connectivity index (χ4v) is 4.23. The minimum absolute atomic E-state index is 0.0816. The number of rotatable bonds is 6. The molecule has 3 aromatic rings. The largest absolute Gasteiger partial charge is 0.454 e. The van der Waals surface area contributed by atoms with Crippen molar-refractivity contribution in [3.63, 3.8) is 0 Å². The number of aryl methyl sites for hydroxylation is 3. The number of carbonyl (C=O) groups excluding carboxylic acids is 1. The lowest BCUT2D eigenvalue weighted by molar-refractivity contribution is 0.0458. The Bertz CT molecular complexity index is 1200. The van der Waals surface area contributed by atoms with Gasteiger partial charge in [0.25, 0.3) is 0 Å². The minimum atomic E-state index is -3.57. The maximum Gasteiger partial charge on any atom is 0.343 e. The summed E-state index contributed by atoms with van der Waals surface area (Å²) >= 11 is 6.12. The number of imidazole rings is 1. The van der Waals surface area contributed by atoms with Gasteiger partial charge < -0.3 is 9.30 Å². The fourth-order valence-electron chi connectivity index (χ4n) is 3.06. The number of halogens is 1. The van der Waals surface area contributed by atoms with Crippen LogP contribution < -0.4 is 0 Å². The van der Waals surface area contributed by atoms with E-state index in [-0.39, 0.29) is 22.2 Å². The van der Waals surface area contributed by atoms with Crippen LogP contribution in [-0.2, 0) is 35.0 Å². The van der Waals surface area contributed by atoms with Crippen molar-refractivity contribution in [3.05, 3.63) is 40.4 Å². The highest BCUT2D eigenvalue weighted by Crippen LogP contribution is 2.24. The van der Waals surface area contributed by atoms with Crippen LogP contribution in [0.15, 0.2) is 23.1 Å². The third kappa shape index (κ3) is 3.75. The molecule has 0 bridgehead atoms. The molecule has 9 nitrogen and oxygen atoms in total. The Balaban J connectivity index is 1.92. The van der Waals surface area contributed by atoms with E-state index in [4.69, 9.17) is 16.3 Å². The van der Waals surface area contributed by atoms with E-state index in [0.717, 1.165) is 9.82 Å². The predicted octanol–water partition coefficient (Wildman–Crippen LogP) is 2.36. The Morgan fingerprint density at radius 3 is 2.55 bits per heavy atom. The molecule has 0 atom stereocenters. The van der Waals surface area contributed by atoms with Crippen molar-refractivity contribution in [2.24, 2.45) is 7.05 Å². The van der Waals surface area contributed by atoms with Crippen molar-refractivity contribution in [3.8, 4) is 0 Å². The summed E-state index contributed by atoms with van der Waals surface area (Å²) in [7, 11) is 1.01. The summed E-state index contributed by atoms with van der Waals surface area (Å²) in [6.45, 7) is 4.10. The van der Waals surface area contributed by atoms with E-state index < -0.39 is 16.0 Å². The fraction of sp³-hybridized carbons (Fsp3) is 0.389. The molecule has 0 amide bonds. The number of nitrogens with zero attached hydrogens (tertiary/aromatic N) is 5. The van der Waals surface area contributed by atoms with E-state index in [1.165, 1.54) is 24.8 Å². The molecule has 0 aliphatic heterocycles. The molecule has 11 heteroatoms. The maximum absolute atomic E-state index is 12.5. The Labute approximate surface area is 173 Å². The summed E-state index contributed by atoms with van der Waals surface area (Å²) in [4.78, 5) is 17.1. The molecule has 0 fully saturated rings. The summed E-state index contributed by atoms with van der Waals surface area (Å²) in [6.07, 6.45) is 0.